The van der Waals surface area contributed by atoms with Crippen LogP contribution in [0.15, 0.2) is 22.0 Å². The molecule has 0 bridgehead atoms. The average molecular weight is 209 g/mol. The molecule has 0 unspecified atom stereocenters. The van der Waals surface area contributed by atoms with Gasteiger partial charge in [0.1, 0.15) is 15.7 Å². The fourth-order valence-electron chi connectivity index (χ4n) is 0.486. The van der Waals surface area contributed by atoms with Gasteiger partial charge in [0.25, 0.3) is 0 Å². The Morgan fingerprint density at radius 1 is 1.36 bits per heavy atom. The Morgan fingerprint density at radius 3 is 2.14 bits per heavy atom. The van der Waals surface area contributed by atoms with Gasteiger partial charge in [0.2, 0.25) is 0 Å². The fourth-order valence-corrected chi connectivity index (χ4v) is 0.486. The fraction of sp³-hybridized carbons (Fsp3) is 0. The summed E-state index contributed by atoms with van der Waals surface area (Å²) >= 11 is 0. The molecule has 0 spiro atoms. The van der Waals surface area contributed by atoms with E-state index in [2.05, 4.69) is 15.8 Å². The Morgan fingerprint density at radius 2 is 1.86 bits per heavy atom. The third-order valence-electron chi connectivity index (χ3n) is 0.891. The molecule has 1 aliphatic heterocycles. The van der Waals surface area contributed by atoms with Crippen molar-refractivity contribution in [3.63, 3.8) is 0 Å². The third-order valence-corrected chi connectivity index (χ3v) is 0.891. The number of nitrogens with one attached hydrogen (secondary N) is 1. The van der Waals surface area contributed by atoms with Gasteiger partial charge in [-0.15, -0.1) is 0 Å². The van der Waals surface area contributed by atoms with E-state index in [-0.39, 0.29) is 11.6 Å². The minimum atomic E-state index is -1.30. The first-order valence-electron chi connectivity index (χ1n) is 2.52. The molecule has 0 saturated carbocycles. The van der Waals surface area contributed by atoms with Crippen molar-refractivity contribution in [2.24, 2.45) is 10.3 Å². The highest BCUT2D eigenvalue weighted by Gasteiger charge is 2.28. The lowest BCUT2D eigenvalue weighted by Crippen LogP contribution is -2.11. The summed E-state index contributed by atoms with van der Waals surface area (Å²) in [5.41, 5.74) is 4.97. The lowest BCUT2D eigenvalue weighted by Gasteiger charge is -1.98. The molecule has 1 rings (SSSR count). The van der Waals surface area contributed by atoms with Gasteiger partial charge < -0.3 is 22.2 Å². The minimum Gasteiger partial charge on any atom is -0.412 e. The molecule has 12 heteroatoms. The van der Waals surface area contributed by atoms with Crippen molar-refractivity contribution in [2.75, 3.05) is 0 Å². The van der Waals surface area contributed by atoms with Crippen LogP contribution < -0.4 is 11.7 Å². The van der Waals surface area contributed by atoms with Crippen LogP contribution in [-0.4, -0.2) is 15.3 Å². The smallest absolute Gasteiger partial charge is 0.412 e. The molecule has 1 aliphatic rings. The van der Waals surface area contributed by atoms with Crippen LogP contribution in [0.25, 0.3) is 5.43 Å². The van der Waals surface area contributed by atoms with E-state index in [1.165, 1.54) is 0 Å². The van der Waals surface area contributed by atoms with E-state index in [1.807, 2.05) is 5.53 Å². The van der Waals surface area contributed by atoms with Gasteiger partial charge in [-0.1, -0.05) is 0 Å². The molecular formula is C2H7N7O5. The van der Waals surface area contributed by atoms with Gasteiger partial charge >= 0.3 is 5.82 Å². The van der Waals surface area contributed by atoms with Gasteiger partial charge in [-0.3, -0.25) is 25.8 Å². The summed E-state index contributed by atoms with van der Waals surface area (Å²) in [6, 6.07) is 0. The molecule has 1 heterocycles. The molecule has 0 aromatic carbocycles. The molecule has 0 aromatic rings. The van der Waals surface area contributed by atoms with E-state index < -0.39 is 21.5 Å². The Balaban J connectivity index is 0. The van der Waals surface area contributed by atoms with E-state index in [0.29, 0.717) is 0 Å². The standard InChI is InChI=1S/C2HN6O4.H3N.H2O/c9-7(10)2(8(11)12)1-3-5-6-4-1;;/h(H-,3,4,5,6);1H3;1H2/q-1;;/p+1. The zero-order valence-electron chi connectivity index (χ0n) is 6.87. The van der Waals surface area contributed by atoms with Crippen molar-refractivity contribution in [1.29, 1.82) is 0 Å². The highest BCUT2D eigenvalue weighted by Crippen LogP contribution is 2.16. The summed E-state index contributed by atoms with van der Waals surface area (Å²) < 4.78 is 0. The summed E-state index contributed by atoms with van der Waals surface area (Å²) in [4.78, 5) is 17.7. The lowest BCUT2D eigenvalue weighted by atomic mass is 10.7. The molecule has 0 atom stereocenters. The zero-order chi connectivity index (χ0) is 9.14. The topological polar surface area (TPSA) is 205 Å². The van der Waals surface area contributed by atoms with E-state index in [1.54, 1.807) is 0 Å². The summed E-state index contributed by atoms with van der Waals surface area (Å²) in [6.07, 6.45) is 0. The Hall–Kier alpha value is -2.34. The molecule has 0 aromatic heterocycles. The largest absolute Gasteiger partial charge is 0.560 e. The van der Waals surface area contributed by atoms with Crippen molar-refractivity contribution < 1.29 is 15.3 Å². The normalized spacial score (nSPS) is 11.6. The maximum Gasteiger partial charge on any atom is 0.560 e. The van der Waals surface area contributed by atoms with Gasteiger partial charge in [-0.2, -0.15) is 5.22 Å². The lowest BCUT2D eigenvalue weighted by molar-refractivity contribution is -0.617. The second-order valence-electron chi connectivity index (χ2n) is 1.57. The number of nitrogens with zero attached hydrogens (tertiary/aromatic N) is 5. The monoisotopic (exact) mass is 209 g/mol. The van der Waals surface area contributed by atoms with Crippen LogP contribution in [0.2, 0.25) is 0 Å². The molecule has 80 valence electrons. The molecule has 7 N–H and O–H groups in total. The number of hydrogen-bond donors (Lipinski definition) is 2. The number of nitro groups is 2. The van der Waals surface area contributed by atoms with E-state index in [0.717, 1.165) is 0 Å². The van der Waals surface area contributed by atoms with Crippen molar-refractivity contribution in [1.82, 2.24) is 11.7 Å². The van der Waals surface area contributed by atoms with Gasteiger partial charge in [0.05, 0.1) is 0 Å². The number of quaternary nitrogens is 1. The van der Waals surface area contributed by atoms with Crippen molar-refractivity contribution >= 4 is 0 Å². The maximum atomic E-state index is 10.0. The molecule has 0 aliphatic carbocycles. The Labute approximate surface area is 75.8 Å². The van der Waals surface area contributed by atoms with Gasteiger partial charge in [-0.25, -0.2) is 0 Å². The summed E-state index contributed by atoms with van der Waals surface area (Å²) in [6.45, 7) is 0. The van der Waals surface area contributed by atoms with Crippen molar-refractivity contribution in [2.45, 2.75) is 0 Å². The molecule has 0 radical (unpaired) electrons. The van der Waals surface area contributed by atoms with E-state index >= 15 is 0 Å². The molecular weight excluding hydrogens is 202 g/mol. The number of rotatable bonds is 2. The second kappa shape index (κ2) is 5.33. The number of hydrogen-bond acceptors (Lipinski definition) is 7. The summed E-state index contributed by atoms with van der Waals surface area (Å²) in [7, 11) is 0. The van der Waals surface area contributed by atoms with Crippen molar-refractivity contribution in [3.8, 4) is 0 Å². The summed E-state index contributed by atoms with van der Waals surface area (Å²) in [5, 5.41) is 26.1. The molecule has 0 fully saturated rings. The average Bonchev–Trinajstić information content (AvgIpc) is 2.37. The molecule has 14 heavy (non-hydrogen) atoms. The van der Waals surface area contributed by atoms with Crippen LogP contribution in [0.1, 0.15) is 0 Å². The van der Waals surface area contributed by atoms with Crippen LogP contribution in [0, 0.1) is 20.2 Å². The maximum absolute atomic E-state index is 10.0. The third kappa shape index (κ3) is 2.61. The van der Waals surface area contributed by atoms with E-state index in [9.17, 15) is 20.2 Å². The first kappa shape index (κ1) is 14.2. The highest BCUT2D eigenvalue weighted by molar-refractivity contribution is 5.14. The van der Waals surface area contributed by atoms with Gasteiger partial charge in [0.15, 0.2) is 0 Å². The predicted octanol–water partition coefficient (Wildman–Crippen LogP) is -0.523. The Kier molecular flexibility index (Phi) is 5.41. The predicted molar refractivity (Wildman–Crippen MR) is 42.0 cm³/mol. The minimum absolute atomic E-state index is 0. The van der Waals surface area contributed by atoms with Crippen LogP contribution in [-0.2, 0) is 0 Å². The Bertz CT molecular complexity index is 278. The van der Waals surface area contributed by atoms with Crippen LogP contribution in [0.5, 0.6) is 0 Å². The first-order valence-corrected chi connectivity index (χ1v) is 2.52. The zero-order valence-corrected chi connectivity index (χ0v) is 6.87. The quantitative estimate of drug-likeness (QED) is 0.452. The molecule has 0 saturated heterocycles. The van der Waals surface area contributed by atoms with Gasteiger partial charge in [0, 0.05) is 0 Å². The van der Waals surface area contributed by atoms with Crippen LogP contribution in [0.3, 0.4) is 0 Å². The SMILES string of the molecule is O.O=[N+]([O-])C(=C1N=NN[N-]1)[N+](=O)[O-].[NH4+]. The van der Waals surface area contributed by atoms with Crippen LogP contribution >= 0.6 is 0 Å². The second-order valence-corrected chi connectivity index (χ2v) is 1.57. The van der Waals surface area contributed by atoms with Crippen LogP contribution in [0.4, 0.5) is 0 Å². The van der Waals surface area contributed by atoms with E-state index in [4.69, 9.17) is 0 Å². The highest BCUT2D eigenvalue weighted by atomic mass is 16.7. The first-order chi connectivity index (χ1) is 5.63. The summed E-state index contributed by atoms with van der Waals surface area (Å²) in [5.74, 6) is -1.95. The molecule has 0 amide bonds. The van der Waals surface area contributed by atoms with Gasteiger partial charge in [-0.05, 0) is 0 Å². The van der Waals surface area contributed by atoms with Crippen molar-refractivity contribution in [3.05, 3.63) is 37.3 Å². The molecule has 12 nitrogen and oxygen atoms in total.